The van der Waals surface area contributed by atoms with Crippen molar-refractivity contribution in [2.24, 2.45) is 0 Å². The molecule has 0 radical (unpaired) electrons. The van der Waals surface area contributed by atoms with E-state index in [2.05, 4.69) is 5.32 Å². The Morgan fingerprint density at radius 3 is 2.50 bits per heavy atom. The molecule has 4 heteroatoms. The number of carbonyl (C=O) groups excluding carboxylic acids is 2. The molecule has 94 valence electrons. The molecule has 0 unspecified atom stereocenters. The Bertz CT molecular complexity index is 504. The molecular weight excluding hydrogens is 230 g/mol. The fraction of sp³-hybridized carbons (Fsp3) is 0.429. The number of benzene rings is 1. The Morgan fingerprint density at radius 2 is 1.72 bits per heavy atom. The van der Waals surface area contributed by atoms with Crippen molar-refractivity contribution in [3.05, 3.63) is 29.3 Å². The van der Waals surface area contributed by atoms with E-state index in [1.807, 2.05) is 0 Å². The third kappa shape index (κ3) is 1.98. The zero-order valence-electron chi connectivity index (χ0n) is 10.1. The Balaban J connectivity index is 1.80. The predicted molar refractivity (Wildman–Crippen MR) is 65.7 cm³/mol. The normalized spacial score (nSPS) is 19.6. The zero-order chi connectivity index (χ0) is 12.5. The first-order chi connectivity index (χ1) is 8.74. The first-order valence-corrected chi connectivity index (χ1v) is 6.40. The highest BCUT2D eigenvalue weighted by atomic mass is 16.5. The van der Waals surface area contributed by atoms with Crippen LogP contribution in [0.5, 0.6) is 5.75 Å². The van der Waals surface area contributed by atoms with E-state index in [-0.39, 0.29) is 17.9 Å². The van der Waals surface area contributed by atoms with Crippen LogP contribution in [-0.4, -0.2) is 17.9 Å². The third-order valence-electron chi connectivity index (χ3n) is 3.56. The molecule has 1 fully saturated rings. The van der Waals surface area contributed by atoms with E-state index >= 15 is 0 Å². The van der Waals surface area contributed by atoms with E-state index in [1.54, 1.807) is 18.2 Å². The van der Waals surface area contributed by atoms with Crippen molar-refractivity contribution in [3.63, 3.8) is 0 Å². The van der Waals surface area contributed by atoms with Crippen LogP contribution >= 0.6 is 0 Å². The van der Waals surface area contributed by atoms with Gasteiger partial charge in [0.05, 0.1) is 17.2 Å². The number of hydrogen-bond acceptors (Lipinski definition) is 3. The van der Waals surface area contributed by atoms with Crippen molar-refractivity contribution < 1.29 is 14.3 Å². The Labute approximate surface area is 105 Å². The van der Waals surface area contributed by atoms with E-state index in [9.17, 15) is 9.59 Å². The molecule has 0 aromatic heterocycles. The van der Waals surface area contributed by atoms with Crippen molar-refractivity contribution in [1.29, 1.82) is 0 Å². The van der Waals surface area contributed by atoms with Crippen LogP contribution in [0.4, 0.5) is 0 Å². The molecule has 0 atom stereocenters. The lowest BCUT2D eigenvalue weighted by Gasteiger charge is -2.23. The van der Waals surface area contributed by atoms with Gasteiger partial charge < -0.3 is 4.74 Å². The van der Waals surface area contributed by atoms with Gasteiger partial charge in [0.1, 0.15) is 5.75 Å². The predicted octanol–water partition coefficient (Wildman–Crippen LogP) is 2.28. The number of ether oxygens (including phenoxy) is 1. The maximum Gasteiger partial charge on any atom is 0.259 e. The Morgan fingerprint density at radius 1 is 1.00 bits per heavy atom. The van der Waals surface area contributed by atoms with Crippen molar-refractivity contribution >= 4 is 11.8 Å². The number of fused-ring (bicyclic) bond motifs is 1. The summed E-state index contributed by atoms with van der Waals surface area (Å²) in [4.78, 5) is 22.9. The van der Waals surface area contributed by atoms with Gasteiger partial charge in [-0.2, -0.15) is 0 Å². The van der Waals surface area contributed by atoms with E-state index in [0.717, 1.165) is 12.8 Å². The molecule has 4 nitrogen and oxygen atoms in total. The quantitative estimate of drug-likeness (QED) is 0.813. The van der Waals surface area contributed by atoms with Crippen LogP contribution in [0.2, 0.25) is 0 Å². The van der Waals surface area contributed by atoms with E-state index in [1.165, 1.54) is 19.3 Å². The smallest absolute Gasteiger partial charge is 0.259 e. The van der Waals surface area contributed by atoms with Crippen LogP contribution in [0, 0.1) is 0 Å². The van der Waals surface area contributed by atoms with Gasteiger partial charge in [-0.3, -0.25) is 14.9 Å². The molecule has 1 aliphatic carbocycles. The minimum absolute atomic E-state index is 0.247. The van der Waals surface area contributed by atoms with Gasteiger partial charge in [-0.25, -0.2) is 0 Å². The van der Waals surface area contributed by atoms with Gasteiger partial charge in [-0.15, -0.1) is 0 Å². The molecule has 1 N–H and O–H groups in total. The molecule has 0 spiro atoms. The van der Waals surface area contributed by atoms with Gasteiger partial charge in [-0.05, 0) is 43.9 Å². The molecule has 3 rings (SSSR count). The number of imide groups is 1. The van der Waals surface area contributed by atoms with Gasteiger partial charge in [0.15, 0.2) is 0 Å². The lowest BCUT2D eigenvalue weighted by atomic mass is 9.98. The van der Waals surface area contributed by atoms with Crippen LogP contribution in [-0.2, 0) is 0 Å². The molecule has 1 heterocycles. The highest BCUT2D eigenvalue weighted by Crippen LogP contribution is 2.26. The minimum Gasteiger partial charge on any atom is -0.490 e. The summed E-state index contributed by atoms with van der Waals surface area (Å²) in [5, 5.41) is 2.28. The standard InChI is InChI=1S/C14H15NO3/c16-13-11-7-6-10(8-12(11)14(17)15-13)18-9-4-2-1-3-5-9/h6-9H,1-5H2,(H,15,16,17). The second-order valence-electron chi connectivity index (χ2n) is 4.87. The summed E-state index contributed by atoms with van der Waals surface area (Å²) < 4.78 is 5.87. The van der Waals surface area contributed by atoms with E-state index in [4.69, 9.17) is 4.74 Å². The maximum atomic E-state index is 11.5. The van der Waals surface area contributed by atoms with Crippen LogP contribution in [0.25, 0.3) is 0 Å². The average molecular weight is 245 g/mol. The molecule has 1 aromatic rings. The molecule has 2 amide bonds. The van der Waals surface area contributed by atoms with Crippen molar-refractivity contribution in [1.82, 2.24) is 5.32 Å². The fourth-order valence-corrected chi connectivity index (χ4v) is 2.60. The van der Waals surface area contributed by atoms with Gasteiger partial charge in [0, 0.05) is 0 Å². The molecule has 1 aromatic carbocycles. The van der Waals surface area contributed by atoms with Crippen LogP contribution in [0.1, 0.15) is 52.8 Å². The lowest BCUT2D eigenvalue weighted by Crippen LogP contribution is -2.20. The van der Waals surface area contributed by atoms with Gasteiger partial charge in [0.2, 0.25) is 0 Å². The largest absolute Gasteiger partial charge is 0.490 e. The molecule has 1 saturated carbocycles. The third-order valence-corrected chi connectivity index (χ3v) is 3.56. The molecule has 18 heavy (non-hydrogen) atoms. The van der Waals surface area contributed by atoms with Crippen molar-refractivity contribution in [2.45, 2.75) is 38.2 Å². The lowest BCUT2D eigenvalue weighted by molar-refractivity contribution is 0.0879. The van der Waals surface area contributed by atoms with Gasteiger partial charge >= 0.3 is 0 Å². The number of nitrogens with one attached hydrogen (secondary N) is 1. The molecule has 1 aliphatic heterocycles. The first-order valence-electron chi connectivity index (χ1n) is 6.40. The summed E-state index contributed by atoms with van der Waals surface area (Å²) in [6.07, 6.45) is 6.08. The maximum absolute atomic E-state index is 11.5. The van der Waals surface area contributed by atoms with Crippen LogP contribution < -0.4 is 10.1 Å². The minimum atomic E-state index is -0.330. The topological polar surface area (TPSA) is 55.4 Å². The highest BCUT2D eigenvalue weighted by Gasteiger charge is 2.27. The second-order valence-corrected chi connectivity index (χ2v) is 4.87. The Hall–Kier alpha value is -1.84. The summed E-state index contributed by atoms with van der Waals surface area (Å²) in [5.41, 5.74) is 0.865. The average Bonchev–Trinajstić information content (AvgIpc) is 2.66. The number of rotatable bonds is 2. The molecule has 0 saturated heterocycles. The molecular formula is C14H15NO3. The summed E-state index contributed by atoms with van der Waals surface area (Å²) in [6.45, 7) is 0. The monoisotopic (exact) mass is 245 g/mol. The number of amides is 2. The van der Waals surface area contributed by atoms with Gasteiger partial charge in [-0.1, -0.05) is 6.42 Å². The second kappa shape index (κ2) is 4.44. The van der Waals surface area contributed by atoms with E-state index < -0.39 is 0 Å². The first kappa shape index (κ1) is 11.3. The fourth-order valence-electron chi connectivity index (χ4n) is 2.60. The van der Waals surface area contributed by atoms with Crippen LogP contribution in [0.3, 0.4) is 0 Å². The molecule has 2 aliphatic rings. The summed E-state index contributed by atoms with van der Waals surface area (Å²) >= 11 is 0. The van der Waals surface area contributed by atoms with E-state index in [0.29, 0.717) is 16.9 Å². The van der Waals surface area contributed by atoms with Gasteiger partial charge in [0.25, 0.3) is 11.8 Å². The number of carbonyl (C=O) groups is 2. The van der Waals surface area contributed by atoms with Crippen LogP contribution in [0.15, 0.2) is 18.2 Å². The summed E-state index contributed by atoms with van der Waals surface area (Å²) in [6, 6.07) is 5.10. The highest BCUT2D eigenvalue weighted by molar-refractivity contribution is 6.21. The Kier molecular flexibility index (Phi) is 2.78. The molecule has 0 bridgehead atoms. The number of hydrogen-bond donors (Lipinski definition) is 1. The SMILES string of the molecule is O=C1NC(=O)c2cc(OC3CCCCC3)ccc21. The summed E-state index contributed by atoms with van der Waals surface area (Å²) in [5.74, 6) is 0.0359. The van der Waals surface area contributed by atoms with Crippen molar-refractivity contribution in [3.8, 4) is 5.75 Å². The zero-order valence-corrected chi connectivity index (χ0v) is 10.1. The van der Waals surface area contributed by atoms with Crippen molar-refractivity contribution in [2.75, 3.05) is 0 Å². The summed E-state index contributed by atoms with van der Waals surface area (Å²) in [7, 11) is 0.